The zero-order valence-corrected chi connectivity index (χ0v) is 12.1. The SMILES string of the molecule is CCn1c(Sc2c(CCN)c(C)nn2C)n[nH]c1=O. The lowest BCUT2D eigenvalue weighted by atomic mass is 10.2. The molecular formula is C11H18N6OS. The largest absolute Gasteiger partial charge is 0.343 e. The van der Waals surface area contributed by atoms with E-state index in [0.717, 1.165) is 22.7 Å². The van der Waals surface area contributed by atoms with Gasteiger partial charge in [0, 0.05) is 19.2 Å². The van der Waals surface area contributed by atoms with Gasteiger partial charge in [-0.1, -0.05) is 0 Å². The second kappa shape index (κ2) is 5.62. The van der Waals surface area contributed by atoms with E-state index in [2.05, 4.69) is 15.3 Å². The van der Waals surface area contributed by atoms with E-state index in [1.165, 1.54) is 11.8 Å². The van der Waals surface area contributed by atoms with Crippen LogP contribution in [0.5, 0.6) is 0 Å². The van der Waals surface area contributed by atoms with Crippen LogP contribution in [0.3, 0.4) is 0 Å². The fourth-order valence-electron chi connectivity index (χ4n) is 1.99. The zero-order chi connectivity index (χ0) is 14.0. The second-order valence-corrected chi connectivity index (χ2v) is 5.15. The molecular weight excluding hydrogens is 264 g/mol. The third-order valence-electron chi connectivity index (χ3n) is 2.91. The Morgan fingerprint density at radius 2 is 2.21 bits per heavy atom. The summed E-state index contributed by atoms with van der Waals surface area (Å²) in [5.74, 6) is 0. The predicted molar refractivity (Wildman–Crippen MR) is 73.3 cm³/mol. The van der Waals surface area contributed by atoms with Crippen molar-refractivity contribution in [1.29, 1.82) is 0 Å². The van der Waals surface area contributed by atoms with E-state index in [1.807, 2.05) is 25.6 Å². The van der Waals surface area contributed by atoms with Gasteiger partial charge in [-0.3, -0.25) is 9.25 Å². The summed E-state index contributed by atoms with van der Waals surface area (Å²) in [5.41, 5.74) is 7.53. The number of nitrogens with zero attached hydrogens (tertiary/aromatic N) is 4. The molecule has 8 heteroatoms. The van der Waals surface area contributed by atoms with Gasteiger partial charge in [0.25, 0.3) is 0 Å². The first kappa shape index (κ1) is 13.9. The van der Waals surface area contributed by atoms with Gasteiger partial charge in [-0.2, -0.15) is 5.10 Å². The predicted octanol–water partition coefficient (Wildman–Crippen LogP) is 0.286. The van der Waals surface area contributed by atoms with Gasteiger partial charge >= 0.3 is 5.69 Å². The van der Waals surface area contributed by atoms with E-state index < -0.39 is 0 Å². The third-order valence-corrected chi connectivity index (χ3v) is 4.11. The van der Waals surface area contributed by atoms with Crippen LogP contribution in [0.25, 0.3) is 0 Å². The molecule has 0 fully saturated rings. The summed E-state index contributed by atoms with van der Waals surface area (Å²) in [7, 11) is 1.89. The molecule has 0 saturated heterocycles. The number of aryl methyl sites for hydroxylation is 2. The lowest BCUT2D eigenvalue weighted by Crippen LogP contribution is -2.16. The molecule has 2 rings (SSSR count). The summed E-state index contributed by atoms with van der Waals surface area (Å²) >= 11 is 1.44. The first-order valence-corrected chi connectivity index (χ1v) is 6.95. The summed E-state index contributed by atoms with van der Waals surface area (Å²) in [4.78, 5) is 11.6. The van der Waals surface area contributed by atoms with E-state index in [1.54, 1.807) is 4.57 Å². The highest BCUT2D eigenvalue weighted by molar-refractivity contribution is 7.99. The van der Waals surface area contributed by atoms with Gasteiger partial charge in [0.2, 0.25) is 0 Å². The number of hydrogen-bond acceptors (Lipinski definition) is 5. The molecule has 0 aliphatic rings. The molecule has 19 heavy (non-hydrogen) atoms. The lowest BCUT2D eigenvalue weighted by Gasteiger charge is -2.05. The van der Waals surface area contributed by atoms with Gasteiger partial charge in [-0.05, 0) is 38.6 Å². The van der Waals surface area contributed by atoms with E-state index in [9.17, 15) is 4.79 Å². The van der Waals surface area contributed by atoms with E-state index in [4.69, 9.17) is 5.73 Å². The smallest absolute Gasteiger partial charge is 0.330 e. The lowest BCUT2D eigenvalue weighted by molar-refractivity contribution is 0.652. The van der Waals surface area contributed by atoms with Gasteiger partial charge in [-0.15, -0.1) is 5.10 Å². The molecule has 7 nitrogen and oxygen atoms in total. The Bertz CT molecular complexity index is 626. The Balaban J connectivity index is 2.40. The van der Waals surface area contributed by atoms with Crippen molar-refractivity contribution in [2.45, 2.75) is 37.0 Å². The molecule has 2 aromatic heterocycles. The van der Waals surface area contributed by atoms with Crippen LogP contribution in [0.2, 0.25) is 0 Å². The Morgan fingerprint density at radius 1 is 1.47 bits per heavy atom. The van der Waals surface area contributed by atoms with Crippen LogP contribution >= 0.6 is 11.8 Å². The Hall–Kier alpha value is -1.54. The fourth-order valence-corrected chi connectivity index (χ4v) is 3.12. The highest BCUT2D eigenvalue weighted by Gasteiger charge is 2.17. The van der Waals surface area contributed by atoms with Gasteiger partial charge in [0.1, 0.15) is 5.03 Å². The maximum atomic E-state index is 11.6. The second-order valence-electron chi connectivity index (χ2n) is 4.19. The number of aromatic nitrogens is 5. The number of hydrogen-bond donors (Lipinski definition) is 2. The summed E-state index contributed by atoms with van der Waals surface area (Å²) in [6.07, 6.45) is 0.767. The fraction of sp³-hybridized carbons (Fsp3) is 0.545. The van der Waals surface area contributed by atoms with Gasteiger partial charge in [0.15, 0.2) is 5.16 Å². The maximum Gasteiger partial charge on any atom is 0.343 e. The van der Waals surface area contributed by atoms with Crippen LogP contribution in [-0.2, 0) is 20.0 Å². The Morgan fingerprint density at radius 3 is 2.84 bits per heavy atom. The average Bonchev–Trinajstić information content (AvgIpc) is 2.84. The normalized spacial score (nSPS) is 11.2. The monoisotopic (exact) mass is 282 g/mol. The molecule has 0 aliphatic carbocycles. The van der Waals surface area contributed by atoms with Crippen molar-refractivity contribution in [3.8, 4) is 0 Å². The molecule has 0 aliphatic heterocycles. The minimum Gasteiger partial charge on any atom is -0.330 e. The third kappa shape index (κ3) is 2.59. The van der Waals surface area contributed by atoms with Crippen LogP contribution in [0.1, 0.15) is 18.2 Å². The molecule has 0 atom stereocenters. The molecule has 2 aromatic rings. The summed E-state index contributed by atoms with van der Waals surface area (Å²) in [6, 6.07) is 0. The Labute approximate surface area is 115 Å². The summed E-state index contributed by atoms with van der Waals surface area (Å²) in [6.45, 7) is 5.03. The van der Waals surface area contributed by atoms with Crippen LogP contribution < -0.4 is 11.4 Å². The summed E-state index contributed by atoms with van der Waals surface area (Å²) in [5, 5.41) is 12.6. The molecule has 0 unspecified atom stereocenters. The quantitative estimate of drug-likeness (QED) is 0.821. The molecule has 3 N–H and O–H groups in total. The van der Waals surface area contributed by atoms with Crippen molar-refractivity contribution in [1.82, 2.24) is 24.5 Å². The van der Waals surface area contributed by atoms with E-state index in [-0.39, 0.29) is 5.69 Å². The number of nitrogens with one attached hydrogen (secondary N) is 1. The van der Waals surface area contributed by atoms with E-state index in [0.29, 0.717) is 18.2 Å². The standard InChI is InChI=1S/C11H18N6OS/c1-4-17-10(18)13-14-11(17)19-9-8(5-6-12)7(2)15-16(9)3/h4-6,12H2,1-3H3,(H,13,18). The van der Waals surface area contributed by atoms with E-state index >= 15 is 0 Å². The van der Waals surface area contributed by atoms with Crippen molar-refractivity contribution in [2.75, 3.05) is 6.54 Å². The zero-order valence-electron chi connectivity index (χ0n) is 11.3. The molecule has 0 spiro atoms. The Kier molecular flexibility index (Phi) is 4.11. The topological polar surface area (TPSA) is 94.5 Å². The molecule has 0 radical (unpaired) electrons. The molecule has 104 valence electrons. The first-order valence-electron chi connectivity index (χ1n) is 6.14. The van der Waals surface area contributed by atoms with Crippen LogP contribution in [0.15, 0.2) is 15.0 Å². The number of H-pyrrole nitrogens is 1. The maximum absolute atomic E-state index is 11.6. The summed E-state index contributed by atoms with van der Waals surface area (Å²) < 4.78 is 3.41. The van der Waals surface area contributed by atoms with Gasteiger partial charge in [0.05, 0.1) is 5.69 Å². The van der Waals surface area contributed by atoms with Crippen molar-refractivity contribution in [3.63, 3.8) is 0 Å². The van der Waals surface area contributed by atoms with Crippen molar-refractivity contribution in [2.24, 2.45) is 12.8 Å². The highest BCUT2D eigenvalue weighted by Crippen LogP contribution is 2.29. The molecule has 0 saturated carbocycles. The average molecular weight is 282 g/mol. The highest BCUT2D eigenvalue weighted by atomic mass is 32.2. The molecule has 0 amide bonds. The minimum absolute atomic E-state index is 0.190. The van der Waals surface area contributed by atoms with Crippen molar-refractivity contribution < 1.29 is 0 Å². The first-order chi connectivity index (χ1) is 9.08. The molecule has 0 bridgehead atoms. The number of aromatic amines is 1. The van der Waals surface area contributed by atoms with Gasteiger partial charge < -0.3 is 5.73 Å². The van der Waals surface area contributed by atoms with Crippen LogP contribution in [-0.4, -0.2) is 31.1 Å². The number of nitrogens with two attached hydrogens (primary N) is 1. The van der Waals surface area contributed by atoms with Crippen molar-refractivity contribution in [3.05, 3.63) is 21.7 Å². The van der Waals surface area contributed by atoms with Crippen molar-refractivity contribution >= 4 is 11.8 Å². The van der Waals surface area contributed by atoms with Crippen LogP contribution in [0, 0.1) is 6.92 Å². The minimum atomic E-state index is -0.190. The molecule has 0 aromatic carbocycles. The number of rotatable bonds is 5. The molecule has 2 heterocycles. The van der Waals surface area contributed by atoms with Gasteiger partial charge in [-0.25, -0.2) is 9.89 Å². The van der Waals surface area contributed by atoms with Crippen LogP contribution in [0.4, 0.5) is 0 Å².